The van der Waals surface area contributed by atoms with Gasteiger partial charge in [-0.25, -0.2) is 19.7 Å². The minimum absolute atomic E-state index is 0.0356. The monoisotopic (exact) mass is 451 g/mol. The lowest BCUT2D eigenvalue weighted by Crippen LogP contribution is -2.56. The number of ether oxygens (including phenoxy) is 3. The minimum atomic E-state index is -0.610. The highest BCUT2D eigenvalue weighted by Crippen LogP contribution is 2.39. The topological polar surface area (TPSA) is 141 Å². The van der Waals surface area contributed by atoms with Crippen LogP contribution in [0.2, 0.25) is 0 Å². The summed E-state index contributed by atoms with van der Waals surface area (Å²) in [7, 11) is 1.28. The zero-order valence-electron chi connectivity index (χ0n) is 18.4. The number of esters is 1. The number of anilines is 1. The van der Waals surface area contributed by atoms with E-state index in [2.05, 4.69) is 31.8 Å². The predicted molar refractivity (Wildman–Crippen MR) is 120 cm³/mol. The lowest BCUT2D eigenvalue weighted by molar-refractivity contribution is -0.136. The van der Waals surface area contributed by atoms with Crippen LogP contribution in [0.5, 0.6) is 5.75 Å². The van der Waals surface area contributed by atoms with Gasteiger partial charge < -0.3 is 35.1 Å². The van der Waals surface area contributed by atoms with Gasteiger partial charge in [0.15, 0.2) is 17.4 Å². The van der Waals surface area contributed by atoms with Crippen LogP contribution in [0.3, 0.4) is 0 Å². The molecule has 33 heavy (non-hydrogen) atoms. The first-order valence-corrected chi connectivity index (χ1v) is 10.7. The number of nitrogens with two attached hydrogens (primary N) is 1. The number of morpholine rings is 1. The molecule has 5 heterocycles. The van der Waals surface area contributed by atoms with Crippen molar-refractivity contribution < 1.29 is 19.0 Å². The summed E-state index contributed by atoms with van der Waals surface area (Å²) in [6.07, 6.45) is 4.97. The standard InChI is InChI=1S/C22H25N7O4/c1-12-9-32-10-13-11-33-18-17(8-24-7-16(23)22(30)31-2)27-20(28-21(18)29(12)13)15-4-6-26-19-14(15)3-5-25-19/h3-7,12-13,24H,8-11,23H2,1-2H3,(H,25,26)/b16-7-/t12-,13+/m1/s1. The van der Waals surface area contributed by atoms with Gasteiger partial charge in [0.2, 0.25) is 0 Å². The number of H-pyrrole nitrogens is 1. The molecular weight excluding hydrogens is 426 g/mol. The van der Waals surface area contributed by atoms with Crippen molar-refractivity contribution in [2.45, 2.75) is 25.6 Å². The molecule has 0 spiro atoms. The molecule has 0 amide bonds. The molecule has 0 aromatic carbocycles. The van der Waals surface area contributed by atoms with Gasteiger partial charge in [-0.05, 0) is 19.1 Å². The molecule has 3 aromatic rings. The van der Waals surface area contributed by atoms with Crippen molar-refractivity contribution in [3.8, 4) is 17.1 Å². The van der Waals surface area contributed by atoms with Crippen LogP contribution in [0, 0.1) is 0 Å². The fraction of sp³-hybridized carbons (Fsp3) is 0.364. The van der Waals surface area contributed by atoms with Gasteiger partial charge >= 0.3 is 5.97 Å². The van der Waals surface area contributed by atoms with Crippen molar-refractivity contribution in [1.29, 1.82) is 0 Å². The number of carbonyl (C=O) groups is 1. The normalized spacial score (nSPS) is 20.1. The van der Waals surface area contributed by atoms with Crippen molar-refractivity contribution >= 4 is 22.8 Å². The van der Waals surface area contributed by atoms with Gasteiger partial charge in [-0.1, -0.05) is 0 Å². The van der Waals surface area contributed by atoms with Crippen LogP contribution in [0.15, 0.2) is 36.4 Å². The molecule has 2 aliphatic rings. The predicted octanol–water partition coefficient (Wildman–Crippen LogP) is 1.07. The van der Waals surface area contributed by atoms with Crippen molar-refractivity contribution in [3.63, 3.8) is 0 Å². The summed E-state index contributed by atoms with van der Waals surface area (Å²) < 4.78 is 16.5. The van der Waals surface area contributed by atoms with Crippen LogP contribution in [0.25, 0.3) is 22.4 Å². The number of aromatic nitrogens is 4. The van der Waals surface area contributed by atoms with E-state index >= 15 is 0 Å². The molecule has 2 aliphatic heterocycles. The summed E-state index contributed by atoms with van der Waals surface area (Å²) >= 11 is 0. The molecule has 2 atom stereocenters. The Morgan fingerprint density at radius 1 is 1.36 bits per heavy atom. The quantitative estimate of drug-likeness (QED) is 0.381. The maximum Gasteiger partial charge on any atom is 0.355 e. The summed E-state index contributed by atoms with van der Waals surface area (Å²) in [5.74, 6) is 1.29. The van der Waals surface area contributed by atoms with Gasteiger partial charge in [0.1, 0.15) is 23.6 Å². The molecule has 0 saturated carbocycles. The van der Waals surface area contributed by atoms with Gasteiger partial charge in [0.05, 0.1) is 39.0 Å². The number of carbonyl (C=O) groups excluding carboxylic acids is 1. The first-order valence-electron chi connectivity index (χ1n) is 10.7. The van der Waals surface area contributed by atoms with Crippen LogP contribution in [-0.4, -0.2) is 64.9 Å². The average molecular weight is 451 g/mol. The maximum atomic E-state index is 11.6. The second kappa shape index (κ2) is 8.58. The molecule has 5 rings (SSSR count). The number of methoxy groups -OCH3 is 1. The van der Waals surface area contributed by atoms with Gasteiger partial charge in [-0.15, -0.1) is 0 Å². The van der Waals surface area contributed by atoms with Crippen molar-refractivity contribution in [3.05, 3.63) is 42.1 Å². The number of rotatable bonds is 5. The summed E-state index contributed by atoms with van der Waals surface area (Å²) in [5.41, 5.74) is 7.97. The van der Waals surface area contributed by atoms with Gasteiger partial charge in [-0.3, -0.25) is 0 Å². The third-order valence-corrected chi connectivity index (χ3v) is 5.77. The van der Waals surface area contributed by atoms with Crippen LogP contribution in [0.4, 0.5) is 5.82 Å². The molecule has 1 fully saturated rings. The molecule has 4 N–H and O–H groups in total. The largest absolute Gasteiger partial charge is 0.486 e. The first-order chi connectivity index (χ1) is 16.1. The van der Waals surface area contributed by atoms with Gasteiger partial charge in [0, 0.05) is 29.5 Å². The van der Waals surface area contributed by atoms with Crippen molar-refractivity contribution in [2.24, 2.45) is 5.73 Å². The zero-order chi connectivity index (χ0) is 22.9. The van der Waals surface area contributed by atoms with E-state index in [0.717, 1.165) is 22.4 Å². The van der Waals surface area contributed by atoms with E-state index in [-0.39, 0.29) is 24.3 Å². The van der Waals surface area contributed by atoms with Gasteiger partial charge in [-0.2, -0.15) is 0 Å². The highest BCUT2D eigenvalue weighted by atomic mass is 16.5. The molecule has 0 aliphatic carbocycles. The number of nitrogens with zero attached hydrogens (tertiary/aromatic N) is 4. The maximum absolute atomic E-state index is 11.6. The lowest BCUT2D eigenvalue weighted by atomic mass is 10.1. The SMILES string of the molecule is COC(=O)/C(N)=C/NCc1nc(-c2ccnc3[nH]ccc23)nc2c1OC[C@@H]1COC[C@@H](C)N21. The summed E-state index contributed by atoms with van der Waals surface area (Å²) in [5, 5.41) is 3.97. The molecule has 3 aromatic heterocycles. The van der Waals surface area contributed by atoms with E-state index in [1.165, 1.54) is 13.3 Å². The summed E-state index contributed by atoms with van der Waals surface area (Å²) in [4.78, 5) is 31.1. The molecule has 0 unspecified atom stereocenters. The molecule has 172 valence electrons. The van der Waals surface area contributed by atoms with Crippen molar-refractivity contribution in [1.82, 2.24) is 25.3 Å². The van der Waals surface area contributed by atoms with Gasteiger partial charge in [0.25, 0.3) is 0 Å². The molecule has 0 radical (unpaired) electrons. The Bertz CT molecular complexity index is 1220. The third-order valence-electron chi connectivity index (χ3n) is 5.77. The second-order valence-electron chi connectivity index (χ2n) is 7.98. The smallest absolute Gasteiger partial charge is 0.355 e. The molecule has 11 nitrogen and oxygen atoms in total. The van der Waals surface area contributed by atoms with Crippen LogP contribution in [-0.2, 0) is 20.8 Å². The Morgan fingerprint density at radius 2 is 2.24 bits per heavy atom. The molecule has 0 bridgehead atoms. The number of fused-ring (bicyclic) bond motifs is 4. The van der Waals surface area contributed by atoms with Crippen LogP contribution >= 0.6 is 0 Å². The zero-order valence-corrected chi connectivity index (χ0v) is 18.4. The van der Waals surface area contributed by atoms with Crippen LogP contribution < -0.4 is 20.7 Å². The van der Waals surface area contributed by atoms with E-state index in [1.807, 2.05) is 18.3 Å². The Kier molecular flexibility index (Phi) is 5.47. The highest BCUT2D eigenvalue weighted by molar-refractivity contribution is 5.91. The van der Waals surface area contributed by atoms with E-state index < -0.39 is 5.97 Å². The van der Waals surface area contributed by atoms with E-state index in [4.69, 9.17) is 25.2 Å². The van der Waals surface area contributed by atoms with E-state index in [9.17, 15) is 4.79 Å². The number of nitrogens with one attached hydrogen (secondary N) is 2. The number of hydrogen-bond donors (Lipinski definition) is 3. The third kappa shape index (κ3) is 3.80. The highest BCUT2D eigenvalue weighted by Gasteiger charge is 2.37. The Morgan fingerprint density at radius 3 is 3.09 bits per heavy atom. The minimum Gasteiger partial charge on any atom is -0.486 e. The molecule has 11 heteroatoms. The lowest BCUT2D eigenvalue weighted by Gasteiger charge is -2.44. The number of aromatic amines is 1. The Hall–Kier alpha value is -3.86. The Labute approximate surface area is 190 Å². The van der Waals surface area contributed by atoms with E-state index in [0.29, 0.717) is 37.1 Å². The fourth-order valence-corrected chi connectivity index (χ4v) is 4.22. The van der Waals surface area contributed by atoms with Crippen LogP contribution in [0.1, 0.15) is 12.6 Å². The Balaban J connectivity index is 1.59. The second-order valence-corrected chi connectivity index (χ2v) is 7.98. The summed E-state index contributed by atoms with van der Waals surface area (Å²) in [6.45, 7) is 4.05. The number of hydrogen-bond acceptors (Lipinski definition) is 10. The average Bonchev–Trinajstić information content (AvgIpc) is 3.32. The summed E-state index contributed by atoms with van der Waals surface area (Å²) in [6, 6.07) is 4.06. The first kappa shape index (κ1) is 21.0. The van der Waals surface area contributed by atoms with Crippen molar-refractivity contribution in [2.75, 3.05) is 31.8 Å². The number of pyridine rings is 1. The fourth-order valence-electron chi connectivity index (χ4n) is 4.22. The molecular formula is C22H25N7O4. The van der Waals surface area contributed by atoms with E-state index in [1.54, 1.807) is 6.20 Å². The molecule has 1 saturated heterocycles.